The molecule has 176 valence electrons. The second-order valence-corrected chi connectivity index (χ2v) is 9.31. The molecule has 0 radical (unpaired) electrons. The van der Waals surface area contributed by atoms with Crippen molar-refractivity contribution in [2.75, 3.05) is 37.0 Å². The summed E-state index contributed by atoms with van der Waals surface area (Å²) in [5.41, 5.74) is -0.646. The molecule has 2 amide bonds. The van der Waals surface area contributed by atoms with Crippen molar-refractivity contribution in [1.82, 2.24) is 15.6 Å². The molecule has 1 aliphatic rings. The number of alkyl carbamates (subject to hydrolysis) is 1. The maximum atomic E-state index is 13.7. The number of piperidine rings is 1. The maximum absolute atomic E-state index is 13.7. The zero-order valence-corrected chi connectivity index (χ0v) is 19.5. The number of hydrogen-bond acceptors (Lipinski definition) is 7. The number of amides is 2. The molecule has 32 heavy (non-hydrogen) atoms. The summed E-state index contributed by atoms with van der Waals surface area (Å²) >= 11 is 2.47. The summed E-state index contributed by atoms with van der Waals surface area (Å²) in [5, 5.41) is 6.60. The molecule has 7 nitrogen and oxygen atoms in total. The van der Waals surface area contributed by atoms with Crippen LogP contribution in [-0.4, -0.2) is 61.3 Å². The van der Waals surface area contributed by atoms with Crippen molar-refractivity contribution in [3.8, 4) is 0 Å². The van der Waals surface area contributed by atoms with Gasteiger partial charge in [0.05, 0.1) is 21.3 Å². The quantitative estimate of drug-likeness (QED) is 0.634. The smallest absolute Gasteiger partial charge is 0.417 e. The Hall–Kier alpha value is -2.21. The van der Waals surface area contributed by atoms with Gasteiger partial charge in [-0.05, 0) is 19.2 Å². The van der Waals surface area contributed by atoms with Gasteiger partial charge < -0.3 is 20.3 Å². The van der Waals surface area contributed by atoms with Crippen LogP contribution >= 0.6 is 23.1 Å². The number of halogens is 3. The molecule has 2 aromatic rings. The molecule has 2 aromatic heterocycles. The lowest BCUT2D eigenvalue weighted by molar-refractivity contribution is -0.136. The van der Waals surface area contributed by atoms with Crippen molar-refractivity contribution in [3.05, 3.63) is 22.6 Å². The van der Waals surface area contributed by atoms with Crippen LogP contribution in [0, 0.1) is 0 Å². The molecule has 1 unspecified atom stereocenters. The summed E-state index contributed by atoms with van der Waals surface area (Å²) < 4.78 is 46.5. The van der Waals surface area contributed by atoms with E-state index in [2.05, 4.69) is 15.6 Å². The number of carbonyl (C=O) groups is 2. The van der Waals surface area contributed by atoms with Gasteiger partial charge in [-0.15, -0.1) is 11.3 Å². The van der Waals surface area contributed by atoms with Crippen LogP contribution in [0.2, 0.25) is 0 Å². The minimum Gasteiger partial charge on any atom is -0.446 e. The van der Waals surface area contributed by atoms with Gasteiger partial charge in [-0.3, -0.25) is 4.79 Å². The predicted molar refractivity (Wildman–Crippen MR) is 121 cm³/mol. The Morgan fingerprint density at radius 1 is 1.38 bits per heavy atom. The standard InChI is InChI=1S/C20H25F3N4O3S2/c1-11(9-31-3)25-19(29)30-12-4-6-27(7-5-12)15-8-14(20(21,22)23)17-16(26-15)13(10-32-17)18(28)24-2/h8,10-12H,4-7,9H2,1-3H3,(H,24,28)(H,25,29). The number of fused-ring (bicyclic) bond motifs is 1. The number of aromatic nitrogens is 1. The number of thiophene rings is 1. The molecule has 1 aliphatic heterocycles. The first-order chi connectivity index (χ1) is 15.1. The third-order valence-corrected chi connectivity index (χ3v) is 6.94. The predicted octanol–water partition coefficient (Wildman–Crippen LogP) is 4.12. The molecule has 0 aliphatic carbocycles. The molecular formula is C20H25F3N4O3S2. The number of alkyl halides is 3. The minimum absolute atomic E-state index is 0.0190. The molecule has 3 heterocycles. The van der Waals surface area contributed by atoms with Crippen LogP contribution in [0.5, 0.6) is 0 Å². The highest BCUT2D eigenvalue weighted by molar-refractivity contribution is 7.98. The summed E-state index contributed by atoms with van der Waals surface area (Å²) in [4.78, 5) is 30.3. The van der Waals surface area contributed by atoms with Gasteiger partial charge in [0.15, 0.2) is 0 Å². The van der Waals surface area contributed by atoms with Gasteiger partial charge in [-0.2, -0.15) is 24.9 Å². The Morgan fingerprint density at radius 2 is 2.06 bits per heavy atom. The Bertz CT molecular complexity index is 975. The molecule has 0 spiro atoms. The van der Waals surface area contributed by atoms with E-state index >= 15 is 0 Å². The third-order valence-electron chi connectivity index (χ3n) is 5.11. The van der Waals surface area contributed by atoms with Crippen molar-refractivity contribution in [1.29, 1.82) is 0 Å². The Balaban J connectivity index is 1.76. The number of nitrogens with zero attached hydrogens (tertiary/aromatic N) is 2. The largest absolute Gasteiger partial charge is 0.446 e. The van der Waals surface area contributed by atoms with Crippen LogP contribution in [0.3, 0.4) is 0 Å². The zero-order chi connectivity index (χ0) is 23.5. The van der Waals surface area contributed by atoms with E-state index in [0.717, 1.165) is 23.2 Å². The van der Waals surface area contributed by atoms with E-state index in [1.807, 2.05) is 13.2 Å². The Labute approximate surface area is 192 Å². The summed E-state index contributed by atoms with van der Waals surface area (Å²) in [6, 6.07) is 1.01. The first-order valence-corrected chi connectivity index (χ1v) is 12.3. The van der Waals surface area contributed by atoms with Gasteiger partial charge in [0.2, 0.25) is 0 Å². The lowest BCUT2D eigenvalue weighted by Gasteiger charge is -2.33. The number of thioether (sulfide) groups is 1. The second-order valence-electron chi connectivity index (χ2n) is 7.52. The summed E-state index contributed by atoms with van der Waals surface area (Å²) in [7, 11) is 1.42. The highest BCUT2D eigenvalue weighted by atomic mass is 32.2. The summed E-state index contributed by atoms with van der Waals surface area (Å²) in [6.45, 7) is 2.65. The molecule has 1 atom stereocenters. The van der Waals surface area contributed by atoms with Crippen molar-refractivity contribution in [3.63, 3.8) is 0 Å². The van der Waals surface area contributed by atoms with Gasteiger partial charge >= 0.3 is 12.3 Å². The number of nitrogens with one attached hydrogen (secondary N) is 2. The first-order valence-electron chi connectivity index (χ1n) is 10.1. The highest BCUT2D eigenvalue weighted by Crippen LogP contribution is 2.40. The molecule has 1 fully saturated rings. The third kappa shape index (κ3) is 5.58. The van der Waals surface area contributed by atoms with Crippen molar-refractivity contribution in [2.24, 2.45) is 0 Å². The minimum atomic E-state index is -4.58. The Morgan fingerprint density at radius 3 is 2.66 bits per heavy atom. The van der Waals surface area contributed by atoms with Crippen molar-refractivity contribution >= 4 is 51.1 Å². The lowest BCUT2D eigenvalue weighted by atomic mass is 10.1. The van der Waals surface area contributed by atoms with E-state index in [-0.39, 0.29) is 33.7 Å². The highest BCUT2D eigenvalue weighted by Gasteiger charge is 2.36. The van der Waals surface area contributed by atoms with Crippen LogP contribution in [0.4, 0.5) is 23.8 Å². The average molecular weight is 491 g/mol. The lowest BCUT2D eigenvalue weighted by Crippen LogP contribution is -2.42. The Kier molecular flexibility index (Phi) is 7.75. The average Bonchev–Trinajstić information content (AvgIpc) is 3.16. The fourth-order valence-corrected chi connectivity index (χ4v) is 5.15. The van der Waals surface area contributed by atoms with Gasteiger partial charge in [0.1, 0.15) is 11.9 Å². The molecular weight excluding hydrogens is 465 g/mol. The number of anilines is 1. The van der Waals surface area contributed by atoms with Crippen LogP contribution in [0.1, 0.15) is 35.7 Å². The maximum Gasteiger partial charge on any atom is 0.417 e. The summed E-state index contributed by atoms with van der Waals surface area (Å²) in [5.74, 6) is 0.442. The molecule has 0 saturated carbocycles. The van der Waals surface area contributed by atoms with Gasteiger partial charge in [0, 0.05) is 50.2 Å². The van der Waals surface area contributed by atoms with Crippen LogP contribution in [0.15, 0.2) is 11.4 Å². The van der Waals surface area contributed by atoms with Crippen LogP contribution in [-0.2, 0) is 10.9 Å². The van der Waals surface area contributed by atoms with Crippen molar-refractivity contribution < 1.29 is 27.5 Å². The monoisotopic (exact) mass is 490 g/mol. The van der Waals surface area contributed by atoms with E-state index in [1.54, 1.807) is 16.7 Å². The molecule has 1 saturated heterocycles. The molecule has 12 heteroatoms. The first kappa shape index (κ1) is 24.4. The van der Waals surface area contributed by atoms with Gasteiger partial charge in [-0.1, -0.05) is 0 Å². The number of ether oxygens (including phenoxy) is 1. The molecule has 2 N–H and O–H groups in total. The molecule has 0 bridgehead atoms. The number of rotatable bonds is 6. The topological polar surface area (TPSA) is 83.6 Å². The SMILES string of the molecule is CNC(=O)c1csc2c(C(F)(F)F)cc(N3CCC(OC(=O)NC(C)CSC)CC3)nc12. The second kappa shape index (κ2) is 10.2. The van der Waals surface area contributed by atoms with E-state index in [4.69, 9.17) is 4.74 Å². The van der Waals surface area contributed by atoms with E-state index < -0.39 is 23.7 Å². The van der Waals surface area contributed by atoms with Crippen LogP contribution < -0.4 is 15.5 Å². The molecule has 3 rings (SSSR count). The van der Waals surface area contributed by atoms with Crippen LogP contribution in [0.25, 0.3) is 10.2 Å². The summed E-state index contributed by atoms with van der Waals surface area (Å²) in [6.07, 6.45) is -2.50. The fraction of sp³-hybridized carbons (Fsp3) is 0.550. The van der Waals surface area contributed by atoms with Crippen molar-refractivity contribution in [2.45, 2.75) is 38.1 Å². The van der Waals surface area contributed by atoms with Gasteiger partial charge in [-0.25, -0.2) is 9.78 Å². The number of carbonyl (C=O) groups excluding carboxylic acids is 2. The van der Waals surface area contributed by atoms with Gasteiger partial charge in [0.25, 0.3) is 5.91 Å². The zero-order valence-electron chi connectivity index (χ0n) is 17.9. The van der Waals surface area contributed by atoms with E-state index in [9.17, 15) is 22.8 Å². The normalized spacial score (nSPS) is 16.1. The van der Waals surface area contributed by atoms with E-state index in [1.165, 1.54) is 12.4 Å². The number of pyridine rings is 1. The number of hydrogen-bond donors (Lipinski definition) is 2. The molecule has 0 aromatic carbocycles. The fourth-order valence-electron chi connectivity index (χ4n) is 3.54. The van der Waals surface area contributed by atoms with E-state index in [0.29, 0.717) is 25.9 Å².